The molecule has 3 fully saturated rings. The van der Waals surface area contributed by atoms with Gasteiger partial charge in [-0.3, -0.25) is 0 Å². The molecule has 0 heterocycles. The summed E-state index contributed by atoms with van der Waals surface area (Å²) < 4.78 is 10.7. The molecule has 5 atom stereocenters. The second-order valence-corrected chi connectivity index (χ2v) is 7.54. The van der Waals surface area contributed by atoms with Crippen LogP contribution >= 0.6 is 11.6 Å². The first kappa shape index (κ1) is 13.8. The molecule has 0 aromatic heterocycles. The first-order chi connectivity index (χ1) is 10.2. The minimum absolute atomic E-state index is 0.279. The largest absolute Gasteiger partial charge is 0.493 e. The van der Waals surface area contributed by atoms with E-state index in [4.69, 9.17) is 21.1 Å². The molecule has 2 nitrogen and oxygen atoms in total. The maximum Gasteiger partial charge on any atom is 0.160 e. The molecular weight excluding hydrogens is 284 g/mol. The number of hydrogen-bond donors (Lipinski definition) is 0. The molecule has 1 aromatic rings. The predicted molar refractivity (Wildman–Crippen MR) is 84.2 cm³/mol. The molecule has 0 aliphatic heterocycles. The van der Waals surface area contributed by atoms with Gasteiger partial charge in [-0.15, -0.1) is 11.6 Å². The van der Waals surface area contributed by atoms with Crippen LogP contribution in [0.25, 0.3) is 0 Å². The van der Waals surface area contributed by atoms with Crippen LogP contribution in [0.4, 0.5) is 0 Å². The lowest BCUT2D eigenvalue weighted by atomic mass is 9.97. The number of methoxy groups -OCH3 is 2. The van der Waals surface area contributed by atoms with Crippen molar-refractivity contribution >= 4 is 11.6 Å². The van der Waals surface area contributed by atoms with Crippen molar-refractivity contribution in [2.45, 2.75) is 31.1 Å². The van der Waals surface area contributed by atoms with Gasteiger partial charge >= 0.3 is 0 Å². The smallest absolute Gasteiger partial charge is 0.160 e. The van der Waals surface area contributed by atoms with Gasteiger partial charge in [0.05, 0.1) is 14.2 Å². The van der Waals surface area contributed by atoms with E-state index < -0.39 is 0 Å². The Morgan fingerprint density at radius 1 is 1.10 bits per heavy atom. The Labute approximate surface area is 131 Å². The molecule has 3 aliphatic rings. The van der Waals surface area contributed by atoms with E-state index in [1.54, 1.807) is 14.2 Å². The Kier molecular flexibility index (Phi) is 3.33. The zero-order valence-corrected chi connectivity index (χ0v) is 13.5. The van der Waals surface area contributed by atoms with E-state index in [1.807, 2.05) is 6.07 Å². The van der Waals surface area contributed by atoms with Gasteiger partial charge in [-0.2, -0.15) is 0 Å². The van der Waals surface area contributed by atoms with Crippen molar-refractivity contribution in [3.63, 3.8) is 0 Å². The molecule has 21 heavy (non-hydrogen) atoms. The first-order valence-electron chi connectivity index (χ1n) is 8.08. The van der Waals surface area contributed by atoms with Crippen molar-refractivity contribution < 1.29 is 9.47 Å². The summed E-state index contributed by atoms with van der Waals surface area (Å²) in [6.07, 6.45) is 5.36. The molecule has 3 aliphatic carbocycles. The Morgan fingerprint density at radius 3 is 2.38 bits per heavy atom. The van der Waals surface area contributed by atoms with Crippen molar-refractivity contribution in [3.8, 4) is 11.5 Å². The van der Waals surface area contributed by atoms with Gasteiger partial charge in [0, 0.05) is 5.38 Å². The molecule has 0 spiro atoms. The van der Waals surface area contributed by atoms with Crippen LogP contribution in [0.15, 0.2) is 18.2 Å². The number of hydrogen-bond acceptors (Lipinski definition) is 2. The van der Waals surface area contributed by atoms with Gasteiger partial charge < -0.3 is 9.47 Å². The Hall–Kier alpha value is -0.890. The molecular formula is C18H23ClO2. The zero-order valence-electron chi connectivity index (χ0n) is 12.7. The molecule has 4 rings (SSSR count). The summed E-state index contributed by atoms with van der Waals surface area (Å²) in [7, 11) is 3.35. The summed E-state index contributed by atoms with van der Waals surface area (Å²) in [4.78, 5) is 0. The lowest BCUT2D eigenvalue weighted by Crippen LogP contribution is -2.13. The Bertz CT molecular complexity index is 528. The Morgan fingerprint density at radius 2 is 1.76 bits per heavy atom. The van der Waals surface area contributed by atoms with Crippen molar-refractivity contribution in [2.75, 3.05) is 14.2 Å². The maximum absolute atomic E-state index is 6.77. The van der Waals surface area contributed by atoms with Crippen molar-refractivity contribution in [2.24, 2.45) is 29.6 Å². The summed E-state index contributed by atoms with van der Waals surface area (Å²) in [5.74, 6) is 6.25. The normalized spacial score (nSPS) is 37.2. The topological polar surface area (TPSA) is 18.5 Å². The third kappa shape index (κ3) is 2.14. The van der Waals surface area contributed by atoms with Crippen molar-refractivity contribution in [1.82, 2.24) is 0 Å². The van der Waals surface area contributed by atoms with Crippen LogP contribution in [-0.2, 0) is 6.42 Å². The third-order valence-corrected chi connectivity index (χ3v) is 6.54. The van der Waals surface area contributed by atoms with Gasteiger partial charge in [0.2, 0.25) is 0 Å². The van der Waals surface area contributed by atoms with Crippen LogP contribution in [-0.4, -0.2) is 19.6 Å². The van der Waals surface area contributed by atoms with Gasteiger partial charge in [0.25, 0.3) is 0 Å². The highest BCUT2D eigenvalue weighted by Gasteiger charge is 2.66. The highest BCUT2D eigenvalue weighted by molar-refractivity contribution is 6.21. The van der Waals surface area contributed by atoms with Gasteiger partial charge in [0.15, 0.2) is 11.5 Å². The number of rotatable bonds is 5. The number of ether oxygens (including phenoxy) is 2. The number of alkyl halides is 1. The summed E-state index contributed by atoms with van der Waals surface area (Å²) in [6.45, 7) is 0. The maximum atomic E-state index is 6.77. The van der Waals surface area contributed by atoms with E-state index in [2.05, 4.69) is 12.1 Å². The molecule has 5 unspecified atom stereocenters. The van der Waals surface area contributed by atoms with E-state index in [1.165, 1.54) is 24.8 Å². The fourth-order valence-electron chi connectivity index (χ4n) is 5.24. The number of benzene rings is 1. The van der Waals surface area contributed by atoms with E-state index in [9.17, 15) is 0 Å². The fourth-order valence-corrected chi connectivity index (χ4v) is 5.76. The minimum Gasteiger partial charge on any atom is -0.493 e. The van der Waals surface area contributed by atoms with E-state index in [-0.39, 0.29) is 5.38 Å². The molecule has 2 bridgehead atoms. The lowest BCUT2D eigenvalue weighted by molar-refractivity contribution is 0.354. The van der Waals surface area contributed by atoms with E-state index >= 15 is 0 Å². The monoisotopic (exact) mass is 306 g/mol. The highest BCUT2D eigenvalue weighted by Crippen LogP contribution is 2.71. The van der Waals surface area contributed by atoms with E-state index in [0.717, 1.165) is 47.5 Å². The van der Waals surface area contributed by atoms with E-state index in [0.29, 0.717) is 0 Å². The number of fused-ring (bicyclic) bond motifs is 5. The number of halogens is 1. The molecule has 3 saturated carbocycles. The Balaban J connectivity index is 1.45. The molecule has 0 N–H and O–H groups in total. The van der Waals surface area contributed by atoms with Crippen LogP contribution in [0.1, 0.15) is 24.8 Å². The van der Waals surface area contributed by atoms with Crippen molar-refractivity contribution in [1.29, 1.82) is 0 Å². The lowest BCUT2D eigenvalue weighted by Gasteiger charge is -2.15. The molecule has 0 radical (unpaired) electrons. The van der Waals surface area contributed by atoms with Crippen LogP contribution in [0.5, 0.6) is 11.5 Å². The summed E-state index contributed by atoms with van der Waals surface area (Å²) in [6, 6.07) is 6.17. The van der Waals surface area contributed by atoms with Crippen LogP contribution in [0.3, 0.4) is 0 Å². The molecule has 114 valence electrons. The van der Waals surface area contributed by atoms with Gasteiger partial charge in [-0.25, -0.2) is 0 Å². The molecule has 0 saturated heterocycles. The third-order valence-electron chi connectivity index (χ3n) is 6.09. The second-order valence-electron chi connectivity index (χ2n) is 6.97. The standard InChI is InChI=1S/C18H23ClO2/c1-20-14-6-3-10(8-15(14)21-2)7-13(19)18-16-11-4-5-12(9-11)17(16)18/h3,6,8,11-13,16-18H,4-5,7,9H2,1-2H3. The summed E-state index contributed by atoms with van der Waals surface area (Å²) in [5, 5.41) is 0.279. The van der Waals surface area contributed by atoms with Gasteiger partial charge in [-0.1, -0.05) is 6.07 Å². The molecule has 1 aromatic carbocycles. The van der Waals surface area contributed by atoms with Crippen molar-refractivity contribution in [3.05, 3.63) is 23.8 Å². The summed E-state index contributed by atoms with van der Waals surface area (Å²) >= 11 is 6.77. The average molecular weight is 307 g/mol. The average Bonchev–Trinajstić information content (AvgIpc) is 2.96. The predicted octanol–water partition coefficient (Wildman–Crippen LogP) is 4.15. The molecule has 3 heteroatoms. The van der Waals surface area contributed by atoms with Gasteiger partial charge in [-0.05, 0) is 73.0 Å². The zero-order chi connectivity index (χ0) is 14.6. The van der Waals surface area contributed by atoms with Crippen LogP contribution < -0.4 is 9.47 Å². The summed E-state index contributed by atoms with van der Waals surface area (Å²) in [5.41, 5.74) is 1.25. The van der Waals surface area contributed by atoms with Crippen LogP contribution in [0, 0.1) is 29.6 Å². The molecule has 0 amide bonds. The second kappa shape index (κ2) is 5.08. The minimum atomic E-state index is 0.279. The van der Waals surface area contributed by atoms with Gasteiger partial charge in [0.1, 0.15) is 0 Å². The quantitative estimate of drug-likeness (QED) is 0.761. The van der Waals surface area contributed by atoms with Crippen LogP contribution in [0.2, 0.25) is 0 Å². The SMILES string of the molecule is COc1ccc(CC(Cl)C2C3C4CCC(C4)C23)cc1OC. The first-order valence-corrected chi connectivity index (χ1v) is 8.51. The highest BCUT2D eigenvalue weighted by atomic mass is 35.5. The fraction of sp³-hybridized carbons (Fsp3) is 0.667.